The zero-order chi connectivity index (χ0) is 19.7. The van der Waals surface area contributed by atoms with E-state index in [-0.39, 0.29) is 18.5 Å². The van der Waals surface area contributed by atoms with E-state index in [2.05, 4.69) is 5.32 Å². The van der Waals surface area contributed by atoms with Crippen LogP contribution in [0.15, 0.2) is 52.1 Å². The first-order valence-corrected chi connectivity index (χ1v) is 8.97. The van der Waals surface area contributed by atoms with Crippen LogP contribution in [-0.4, -0.2) is 21.1 Å². The first kappa shape index (κ1) is 18.9. The summed E-state index contributed by atoms with van der Waals surface area (Å²) in [6, 6.07) is 11.7. The van der Waals surface area contributed by atoms with Gasteiger partial charge in [-0.25, -0.2) is 9.36 Å². The van der Waals surface area contributed by atoms with Gasteiger partial charge in [0.25, 0.3) is 5.56 Å². The maximum atomic E-state index is 13.2. The Hall–Kier alpha value is -2.86. The van der Waals surface area contributed by atoms with Crippen LogP contribution in [0.3, 0.4) is 0 Å². The van der Waals surface area contributed by atoms with Crippen LogP contribution >= 0.6 is 11.6 Å². The number of carbonyl (C=O) groups excluding carboxylic acids is 1. The fraction of sp³-hybridized carbons (Fsp3) is 0.250. The Balaban J connectivity index is 2.32. The van der Waals surface area contributed by atoms with Crippen molar-refractivity contribution >= 4 is 28.4 Å². The van der Waals surface area contributed by atoms with E-state index in [1.165, 1.54) is 10.6 Å². The predicted molar refractivity (Wildman–Crippen MR) is 107 cm³/mol. The first-order chi connectivity index (χ1) is 12.8. The molecule has 7 heteroatoms. The van der Waals surface area contributed by atoms with Crippen LogP contribution in [0, 0.1) is 6.92 Å². The summed E-state index contributed by atoms with van der Waals surface area (Å²) in [5.74, 6) is -0.317. The summed E-state index contributed by atoms with van der Waals surface area (Å²) in [7, 11) is 0. The molecule has 27 heavy (non-hydrogen) atoms. The monoisotopic (exact) mass is 385 g/mol. The van der Waals surface area contributed by atoms with E-state index in [9.17, 15) is 14.4 Å². The molecule has 3 aromatic rings. The van der Waals surface area contributed by atoms with Gasteiger partial charge >= 0.3 is 5.69 Å². The number of fused-ring (bicyclic) bond motifs is 1. The van der Waals surface area contributed by atoms with E-state index >= 15 is 0 Å². The van der Waals surface area contributed by atoms with E-state index in [4.69, 9.17) is 11.6 Å². The number of nitrogens with one attached hydrogen (secondary N) is 1. The standard InChI is InChI=1S/C20H20ClN3O3/c1-12(2)22-18(25)11-23-17-10-14(21)7-8-16(17)19(26)24(20(23)27)15-6-4-5-13(3)9-15/h4-10,12H,11H2,1-3H3,(H,22,25). The second kappa shape index (κ2) is 7.40. The number of hydrogen-bond acceptors (Lipinski definition) is 3. The van der Waals surface area contributed by atoms with E-state index in [0.717, 1.165) is 10.1 Å². The number of aromatic nitrogens is 2. The van der Waals surface area contributed by atoms with Gasteiger partial charge in [0, 0.05) is 11.1 Å². The third kappa shape index (κ3) is 3.80. The van der Waals surface area contributed by atoms with Crippen molar-refractivity contribution in [3.05, 3.63) is 73.9 Å². The van der Waals surface area contributed by atoms with Gasteiger partial charge in [0.2, 0.25) is 5.91 Å². The highest BCUT2D eigenvalue weighted by atomic mass is 35.5. The molecule has 0 atom stereocenters. The molecule has 0 aliphatic heterocycles. The number of rotatable bonds is 4. The molecule has 140 valence electrons. The van der Waals surface area contributed by atoms with E-state index < -0.39 is 11.2 Å². The Morgan fingerprint density at radius 1 is 1.15 bits per heavy atom. The average molecular weight is 386 g/mol. The zero-order valence-corrected chi connectivity index (χ0v) is 16.1. The van der Waals surface area contributed by atoms with Gasteiger partial charge in [0.15, 0.2) is 0 Å². The summed E-state index contributed by atoms with van der Waals surface area (Å²) in [4.78, 5) is 38.4. The van der Waals surface area contributed by atoms with E-state index in [1.54, 1.807) is 30.3 Å². The van der Waals surface area contributed by atoms with Crippen molar-refractivity contribution in [1.29, 1.82) is 0 Å². The van der Waals surface area contributed by atoms with Crippen LogP contribution in [0.1, 0.15) is 19.4 Å². The van der Waals surface area contributed by atoms with Crippen molar-refractivity contribution in [2.75, 3.05) is 0 Å². The zero-order valence-electron chi connectivity index (χ0n) is 15.3. The van der Waals surface area contributed by atoms with Gasteiger partial charge in [-0.2, -0.15) is 0 Å². The lowest BCUT2D eigenvalue weighted by atomic mass is 10.2. The van der Waals surface area contributed by atoms with Crippen molar-refractivity contribution < 1.29 is 4.79 Å². The van der Waals surface area contributed by atoms with E-state index in [1.807, 2.05) is 26.8 Å². The molecule has 0 spiro atoms. The Labute approximate surface area is 161 Å². The molecule has 0 aliphatic rings. The molecule has 1 aromatic heterocycles. The van der Waals surface area contributed by atoms with Crippen molar-refractivity contribution in [3.63, 3.8) is 0 Å². The maximum Gasteiger partial charge on any atom is 0.336 e. The number of nitrogens with zero attached hydrogens (tertiary/aromatic N) is 2. The molecule has 0 saturated heterocycles. The van der Waals surface area contributed by atoms with Gasteiger partial charge in [-0.1, -0.05) is 23.7 Å². The highest BCUT2D eigenvalue weighted by Gasteiger charge is 2.17. The van der Waals surface area contributed by atoms with E-state index in [0.29, 0.717) is 21.6 Å². The van der Waals surface area contributed by atoms with Crippen LogP contribution in [0.2, 0.25) is 5.02 Å². The molecular formula is C20H20ClN3O3. The van der Waals surface area contributed by atoms with Crippen LogP contribution in [0.25, 0.3) is 16.6 Å². The third-order valence-electron chi connectivity index (χ3n) is 4.12. The fourth-order valence-electron chi connectivity index (χ4n) is 3.00. The Morgan fingerprint density at radius 3 is 2.56 bits per heavy atom. The van der Waals surface area contributed by atoms with Crippen LogP contribution < -0.4 is 16.6 Å². The Kier molecular flexibility index (Phi) is 5.19. The normalized spacial score (nSPS) is 11.1. The van der Waals surface area contributed by atoms with Crippen molar-refractivity contribution in [2.45, 2.75) is 33.4 Å². The Bertz CT molecular complexity index is 1150. The molecule has 1 amide bonds. The fourth-order valence-corrected chi connectivity index (χ4v) is 3.17. The lowest BCUT2D eigenvalue weighted by molar-refractivity contribution is -0.122. The number of aryl methyl sites for hydroxylation is 1. The third-order valence-corrected chi connectivity index (χ3v) is 4.35. The summed E-state index contributed by atoms with van der Waals surface area (Å²) < 4.78 is 2.37. The number of benzene rings is 2. The molecule has 0 saturated carbocycles. The van der Waals surface area contributed by atoms with Gasteiger partial charge in [-0.3, -0.25) is 14.2 Å². The summed E-state index contributed by atoms with van der Waals surface area (Å²) in [5.41, 5.74) is 0.677. The number of hydrogen-bond donors (Lipinski definition) is 1. The van der Waals surface area contributed by atoms with Gasteiger partial charge in [-0.15, -0.1) is 0 Å². The number of carbonyl (C=O) groups is 1. The quantitative estimate of drug-likeness (QED) is 0.750. The van der Waals surface area contributed by atoms with Gasteiger partial charge < -0.3 is 5.32 Å². The van der Waals surface area contributed by atoms with Gasteiger partial charge in [0.05, 0.1) is 16.6 Å². The predicted octanol–water partition coefficient (Wildman–Crippen LogP) is 2.64. The van der Waals surface area contributed by atoms with Crippen molar-refractivity contribution in [1.82, 2.24) is 14.5 Å². The second-order valence-corrected chi connectivity index (χ2v) is 7.17. The largest absolute Gasteiger partial charge is 0.352 e. The Morgan fingerprint density at radius 2 is 1.89 bits per heavy atom. The minimum atomic E-state index is -0.584. The molecule has 0 fully saturated rings. The van der Waals surface area contributed by atoms with Gasteiger partial charge in [0.1, 0.15) is 6.54 Å². The molecule has 0 unspecified atom stereocenters. The molecular weight excluding hydrogens is 366 g/mol. The summed E-state index contributed by atoms with van der Waals surface area (Å²) in [6.45, 7) is 5.34. The summed E-state index contributed by atoms with van der Waals surface area (Å²) >= 11 is 6.07. The van der Waals surface area contributed by atoms with Crippen LogP contribution in [0.5, 0.6) is 0 Å². The van der Waals surface area contributed by atoms with Crippen molar-refractivity contribution in [3.8, 4) is 5.69 Å². The van der Waals surface area contributed by atoms with Crippen LogP contribution in [-0.2, 0) is 11.3 Å². The highest BCUT2D eigenvalue weighted by Crippen LogP contribution is 2.17. The smallest absolute Gasteiger partial charge is 0.336 e. The minimum absolute atomic E-state index is 0.0641. The molecule has 6 nitrogen and oxygen atoms in total. The first-order valence-electron chi connectivity index (χ1n) is 8.59. The molecule has 2 aromatic carbocycles. The number of halogens is 1. The van der Waals surface area contributed by atoms with Gasteiger partial charge in [-0.05, 0) is 56.7 Å². The molecule has 1 heterocycles. The minimum Gasteiger partial charge on any atom is -0.352 e. The maximum absolute atomic E-state index is 13.2. The summed E-state index contributed by atoms with van der Waals surface area (Å²) in [5, 5.41) is 3.46. The average Bonchev–Trinajstić information content (AvgIpc) is 2.58. The SMILES string of the molecule is Cc1cccc(-n2c(=O)c3ccc(Cl)cc3n(CC(=O)NC(C)C)c2=O)c1. The second-order valence-electron chi connectivity index (χ2n) is 6.73. The van der Waals surface area contributed by atoms with Crippen LogP contribution in [0.4, 0.5) is 0 Å². The lowest BCUT2D eigenvalue weighted by Gasteiger charge is -2.15. The molecule has 0 bridgehead atoms. The molecule has 3 rings (SSSR count). The molecule has 0 aliphatic carbocycles. The van der Waals surface area contributed by atoms with Crippen molar-refractivity contribution in [2.24, 2.45) is 0 Å². The molecule has 0 radical (unpaired) electrons. The highest BCUT2D eigenvalue weighted by molar-refractivity contribution is 6.31. The molecule has 1 N–H and O–H groups in total. The number of amides is 1. The lowest BCUT2D eigenvalue weighted by Crippen LogP contribution is -2.42. The summed E-state index contributed by atoms with van der Waals surface area (Å²) in [6.07, 6.45) is 0. The topological polar surface area (TPSA) is 73.1 Å².